The fraction of sp³-hybridized carbons (Fsp3) is 0.467. The van der Waals surface area contributed by atoms with E-state index in [2.05, 4.69) is 5.32 Å². The van der Waals surface area contributed by atoms with Gasteiger partial charge in [-0.05, 0) is 38.3 Å². The third kappa shape index (κ3) is 3.81. The number of aryl methyl sites for hydroxylation is 2. The normalized spacial score (nSPS) is 15.9. The van der Waals surface area contributed by atoms with Gasteiger partial charge in [-0.1, -0.05) is 30.0 Å². The lowest BCUT2D eigenvalue weighted by molar-refractivity contribution is -0.120. The summed E-state index contributed by atoms with van der Waals surface area (Å²) in [6.07, 6.45) is 2.91. The highest BCUT2D eigenvalue weighted by Gasteiger charge is 2.29. The van der Waals surface area contributed by atoms with E-state index in [1.807, 2.05) is 32.0 Å². The molecule has 1 fully saturated rings. The largest absolute Gasteiger partial charge is 0.368 e. The molecule has 0 heterocycles. The van der Waals surface area contributed by atoms with Gasteiger partial charge in [-0.15, -0.1) is 0 Å². The Kier molecular flexibility index (Phi) is 3.88. The Morgan fingerprint density at radius 3 is 2.32 bits per heavy atom. The van der Waals surface area contributed by atoms with Gasteiger partial charge in [-0.3, -0.25) is 9.59 Å². The van der Waals surface area contributed by atoms with Gasteiger partial charge < -0.3 is 11.1 Å². The van der Waals surface area contributed by atoms with Crippen molar-refractivity contribution in [2.45, 2.75) is 39.2 Å². The summed E-state index contributed by atoms with van der Waals surface area (Å²) in [5, 5.41) is 2.75. The molecule has 3 N–H and O–H groups in total. The van der Waals surface area contributed by atoms with E-state index in [0.29, 0.717) is 17.9 Å². The third-order valence-corrected chi connectivity index (χ3v) is 3.40. The van der Waals surface area contributed by atoms with Crippen LogP contribution in [0, 0.1) is 19.8 Å². The van der Waals surface area contributed by atoms with E-state index < -0.39 is 11.9 Å². The standard InChI is InChI=1S/C15H20N2O2/c1-9-5-10(2)7-12(6-9)15(19)17-13(14(16)18)8-11-3-4-11/h5-7,11,13H,3-4,8H2,1-2H3,(H2,16,18)(H,17,19)/t13-/m1/s1. The van der Waals surface area contributed by atoms with E-state index >= 15 is 0 Å². The summed E-state index contributed by atoms with van der Waals surface area (Å²) in [6, 6.07) is 5.09. The Hall–Kier alpha value is -1.84. The maximum absolute atomic E-state index is 12.1. The molecular formula is C15H20N2O2. The molecule has 4 heteroatoms. The maximum Gasteiger partial charge on any atom is 0.251 e. The zero-order valence-corrected chi connectivity index (χ0v) is 11.4. The van der Waals surface area contributed by atoms with Gasteiger partial charge >= 0.3 is 0 Å². The Morgan fingerprint density at radius 2 is 1.84 bits per heavy atom. The molecule has 0 aromatic heterocycles. The van der Waals surface area contributed by atoms with Gasteiger partial charge in [-0.25, -0.2) is 0 Å². The highest BCUT2D eigenvalue weighted by molar-refractivity contribution is 5.97. The highest BCUT2D eigenvalue weighted by Crippen LogP contribution is 2.33. The summed E-state index contributed by atoms with van der Waals surface area (Å²) in [4.78, 5) is 23.5. The second-order valence-electron chi connectivity index (χ2n) is 5.48. The first-order valence-corrected chi connectivity index (χ1v) is 6.64. The van der Waals surface area contributed by atoms with Crippen molar-refractivity contribution in [1.29, 1.82) is 0 Å². The minimum absolute atomic E-state index is 0.226. The molecule has 1 atom stereocenters. The summed E-state index contributed by atoms with van der Waals surface area (Å²) in [5.74, 6) is -0.141. The number of amides is 2. The number of nitrogens with two attached hydrogens (primary N) is 1. The number of carbonyl (C=O) groups excluding carboxylic acids is 2. The number of hydrogen-bond donors (Lipinski definition) is 2. The van der Waals surface area contributed by atoms with Gasteiger partial charge in [0.1, 0.15) is 6.04 Å². The molecule has 0 aliphatic heterocycles. The van der Waals surface area contributed by atoms with Crippen LogP contribution in [0.2, 0.25) is 0 Å². The van der Waals surface area contributed by atoms with Crippen molar-refractivity contribution >= 4 is 11.8 Å². The lowest BCUT2D eigenvalue weighted by Crippen LogP contribution is -2.44. The van der Waals surface area contributed by atoms with Crippen molar-refractivity contribution in [1.82, 2.24) is 5.32 Å². The van der Waals surface area contributed by atoms with Crippen LogP contribution >= 0.6 is 0 Å². The highest BCUT2D eigenvalue weighted by atomic mass is 16.2. The Balaban J connectivity index is 2.07. The average Bonchev–Trinajstić information content (AvgIpc) is 3.10. The number of rotatable bonds is 5. The molecule has 1 aliphatic rings. The van der Waals surface area contributed by atoms with Gasteiger partial charge in [0.25, 0.3) is 5.91 Å². The van der Waals surface area contributed by atoms with Crippen molar-refractivity contribution in [2.75, 3.05) is 0 Å². The van der Waals surface area contributed by atoms with Crippen LogP contribution in [0.4, 0.5) is 0 Å². The van der Waals surface area contributed by atoms with Crippen LogP contribution in [0.1, 0.15) is 40.7 Å². The van der Waals surface area contributed by atoms with Crippen LogP contribution in [0.25, 0.3) is 0 Å². The van der Waals surface area contributed by atoms with Crippen molar-refractivity contribution in [2.24, 2.45) is 11.7 Å². The second kappa shape index (κ2) is 5.43. The lowest BCUT2D eigenvalue weighted by Gasteiger charge is -2.15. The molecule has 19 heavy (non-hydrogen) atoms. The molecule has 4 nitrogen and oxygen atoms in total. The van der Waals surface area contributed by atoms with Gasteiger partial charge in [0.2, 0.25) is 5.91 Å². The summed E-state index contributed by atoms with van der Waals surface area (Å²) >= 11 is 0. The lowest BCUT2D eigenvalue weighted by atomic mass is 10.1. The maximum atomic E-state index is 12.1. The molecule has 0 spiro atoms. The minimum atomic E-state index is -0.555. The van der Waals surface area contributed by atoms with Gasteiger partial charge in [0, 0.05) is 5.56 Å². The second-order valence-corrected chi connectivity index (χ2v) is 5.48. The topological polar surface area (TPSA) is 72.2 Å². The molecular weight excluding hydrogens is 240 g/mol. The van der Waals surface area contributed by atoms with E-state index in [1.54, 1.807) is 0 Å². The smallest absolute Gasteiger partial charge is 0.251 e. The Bertz CT molecular complexity index is 487. The fourth-order valence-electron chi connectivity index (χ4n) is 2.28. The zero-order valence-electron chi connectivity index (χ0n) is 11.4. The molecule has 0 bridgehead atoms. The van der Waals surface area contributed by atoms with Gasteiger partial charge in [0.15, 0.2) is 0 Å². The molecule has 1 aromatic carbocycles. The molecule has 1 aliphatic carbocycles. The van der Waals surface area contributed by atoms with Gasteiger partial charge in [0.05, 0.1) is 0 Å². The van der Waals surface area contributed by atoms with E-state index in [1.165, 1.54) is 0 Å². The molecule has 2 amide bonds. The van der Waals surface area contributed by atoms with Crippen molar-refractivity contribution < 1.29 is 9.59 Å². The monoisotopic (exact) mass is 260 g/mol. The number of nitrogens with one attached hydrogen (secondary N) is 1. The Morgan fingerprint density at radius 1 is 1.26 bits per heavy atom. The van der Waals surface area contributed by atoms with E-state index in [0.717, 1.165) is 24.0 Å². The molecule has 0 unspecified atom stereocenters. The van der Waals surface area contributed by atoms with Crippen LogP contribution in [-0.4, -0.2) is 17.9 Å². The summed E-state index contributed by atoms with van der Waals surface area (Å²) in [7, 11) is 0. The molecule has 102 valence electrons. The van der Waals surface area contributed by atoms with Crippen LogP contribution in [-0.2, 0) is 4.79 Å². The predicted molar refractivity (Wildman–Crippen MR) is 73.7 cm³/mol. The molecule has 0 radical (unpaired) electrons. The predicted octanol–water partition coefficient (Wildman–Crippen LogP) is 1.69. The molecule has 1 saturated carbocycles. The molecule has 2 rings (SSSR count). The van der Waals surface area contributed by atoms with E-state index in [4.69, 9.17) is 5.73 Å². The first-order valence-electron chi connectivity index (χ1n) is 6.64. The number of primary amides is 1. The minimum Gasteiger partial charge on any atom is -0.368 e. The summed E-state index contributed by atoms with van der Waals surface area (Å²) < 4.78 is 0. The van der Waals surface area contributed by atoms with E-state index in [-0.39, 0.29) is 5.91 Å². The van der Waals surface area contributed by atoms with Crippen molar-refractivity contribution in [3.8, 4) is 0 Å². The third-order valence-electron chi connectivity index (χ3n) is 3.40. The number of benzene rings is 1. The van der Waals surface area contributed by atoms with Crippen LogP contribution in [0.15, 0.2) is 18.2 Å². The number of carbonyl (C=O) groups is 2. The fourth-order valence-corrected chi connectivity index (χ4v) is 2.28. The molecule has 0 saturated heterocycles. The van der Waals surface area contributed by atoms with Crippen LogP contribution in [0.5, 0.6) is 0 Å². The first-order chi connectivity index (χ1) is 8.95. The number of hydrogen-bond acceptors (Lipinski definition) is 2. The van der Waals surface area contributed by atoms with Gasteiger partial charge in [-0.2, -0.15) is 0 Å². The first kappa shape index (κ1) is 13.6. The molecule has 1 aromatic rings. The summed E-state index contributed by atoms with van der Waals surface area (Å²) in [5.41, 5.74) is 7.99. The van der Waals surface area contributed by atoms with Crippen molar-refractivity contribution in [3.05, 3.63) is 34.9 Å². The Labute approximate surface area is 113 Å². The van der Waals surface area contributed by atoms with Crippen LogP contribution < -0.4 is 11.1 Å². The van der Waals surface area contributed by atoms with Crippen LogP contribution in [0.3, 0.4) is 0 Å². The SMILES string of the molecule is Cc1cc(C)cc(C(=O)N[C@H](CC2CC2)C(N)=O)c1. The zero-order chi connectivity index (χ0) is 14.0. The average molecular weight is 260 g/mol. The quantitative estimate of drug-likeness (QED) is 0.845. The summed E-state index contributed by atoms with van der Waals surface area (Å²) in [6.45, 7) is 3.89. The van der Waals surface area contributed by atoms with Crippen molar-refractivity contribution in [3.63, 3.8) is 0 Å². The van der Waals surface area contributed by atoms with E-state index in [9.17, 15) is 9.59 Å².